The van der Waals surface area contributed by atoms with Gasteiger partial charge in [0, 0.05) is 6.54 Å². The fourth-order valence-corrected chi connectivity index (χ4v) is 1.87. The van der Waals surface area contributed by atoms with E-state index < -0.39 is 0 Å². The molecule has 0 saturated carbocycles. The van der Waals surface area contributed by atoms with Crippen LogP contribution in [0.25, 0.3) is 0 Å². The number of benzene rings is 2. The summed E-state index contributed by atoms with van der Waals surface area (Å²) in [6.07, 6.45) is 0.779. The highest BCUT2D eigenvalue weighted by Gasteiger charge is 2.05. The van der Waals surface area contributed by atoms with E-state index in [1.807, 2.05) is 36.4 Å². The number of nitrogens with one attached hydrogen (secondary N) is 1. The van der Waals surface area contributed by atoms with Gasteiger partial charge in [-0.3, -0.25) is 4.79 Å². The number of carbonyl (C=O) groups excluding carboxylic acids is 1. The molecular weight excluding hydrogens is 264 g/mol. The van der Waals surface area contributed by atoms with E-state index in [0.29, 0.717) is 17.9 Å². The van der Waals surface area contributed by atoms with Crippen molar-refractivity contribution in [2.24, 2.45) is 0 Å². The molecule has 0 heterocycles. The SMILES string of the molecule is N#Cc1ccccc1OCC(=O)NCCc1ccccc1. The molecule has 2 aromatic carbocycles. The summed E-state index contributed by atoms with van der Waals surface area (Å²) >= 11 is 0. The Kier molecular flexibility index (Phi) is 5.36. The number of para-hydroxylation sites is 1. The maximum Gasteiger partial charge on any atom is 0.257 e. The van der Waals surface area contributed by atoms with Crippen LogP contribution in [-0.4, -0.2) is 19.1 Å². The van der Waals surface area contributed by atoms with Gasteiger partial charge in [-0.2, -0.15) is 5.26 Å². The molecule has 4 heteroatoms. The number of hydrogen-bond acceptors (Lipinski definition) is 3. The minimum atomic E-state index is -0.196. The fraction of sp³-hybridized carbons (Fsp3) is 0.176. The van der Waals surface area contributed by atoms with Crippen LogP contribution in [0.4, 0.5) is 0 Å². The van der Waals surface area contributed by atoms with Crippen molar-refractivity contribution >= 4 is 5.91 Å². The van der Waals surface area contributed by atoms with E-state index in [4.69, 9.17) is 10.00 Å². The molecule has 2 rings (SSSR count). The molecule has 0 bridgehead atoms. The molecule has 4 nitrogen and oxygen atoms in total. The van der Waals surface area contributed by atoms with Crippen LogP contribution in [0.2, 0.25) is 0 Å². The summed E-state index contributed by atoms with van der Waals surface area (Å²) in [6, 6.07) is 18.8. The topological polar surface area (TPSA) is 62.1 Å². The van der Waals surface area contributed by atoms with Crippen molar-refractivity contribution in [3.8, 4) is 11.8 Å². The molecule has 1 amide bonds. The Morgan fingerprint density at radius 3 is 2.57 bits per heavy atom. The summed E-state index contributed by atoms with van der Waals surface area (Å²) in [7, 11) is 0. The Morgan fingerprint density at radius 1 is 1.10 bits per heavy atom. The standard InChI is InChI=1S/C17H16N2O2/c18-12-15-8-4-5-9-16(15)21-13-17(20)19-11-10-14-6-2-1-3-7-14/h1-9H,10-11,13H2,(H,19,20). The summed E-state index contributed by atoms with van der Waals surface area (Å²) < 4.78 is 5.36. The predicted molar refractivity (Wildman–Crippen MR) is 79.8 cm³/mol. The summed E-state index contributed by atoms with van der Waals surface area (Å²) in [6.45, 7) is 0.472. The Balaban J connectivity index is 1.74. The Morgan fingerprint density at radius 2 is 1.81 bits per heavy atom. The van der Waals surface area contributed by atoms with Gasteiger partial charge in [0.1, 0.15) is 11.8 Å². The van der Waals surface area contributed by atoms with Crippen molar-refractivity contribution < 1.29 is 9.53 Å². The molecule has 0 aliphatic rings. The number of hydrogen-bond donors (Lipinski definition) is 1. The van der Waals surface area contributed by atoms with Crippen molar-refractivity contribution in [1.29, 1.82) is 5.26 Å². The summed E-state index contributed by atoms with van der Waals surface area (Å²) in [4.78, 5) is 11.7. The van der Waals surface area contributed by atoms with E-state index >= 15 is 0 Å². The summed E-state index contributed by atoms with van der Waals surface area (Å²) in [5, 5.41) is 11.7. The Bertz CT molecular complexity index is 633. The highest BCUT2D eigenvalue weighted by Crippen LogP contribution is 2.16. The molecule has 0 spiro atoms. The monoisotopic (exact) mass is 280 g/mol. The highest BCUT2D eigenvalue weighted by atomic mass is 16.5. The zero-order valence-corrected chi connectivity index (χ0v) is 11.6. The minimum Gasteiger partial charge on any atom is -0.482 e. The van der Waals surface area contributed by atoms with Gasteiger partial charge in [0.15, 0.2) is 6.61 Å². The van der Waals surface area contributed by atoms with Crippen LogP contribution in [0, 0.1) is 11.3 Å². The van der Waals surface area contributed by atoms with Crippen molar-refractivity contribution in [2.75, 3.05) is 13.2 Å². The molecule has 0 aliphatic carbocycles. The molecular formula is C17H16N2O2. The zero-order valence-electron chi connectivity index (χ0n) is 11.6. The molecule has 0 aromatic heterocycles. The maximum absolute atomic E-state index is 11.7. The van der Waals surface area contributed by atoms with Gasteiger partial charge in [0.05, 0.1) is 5.56 Å². The average molecular weight is 280 g/mol. The van der Waals surface area contributed by atoms with Crippen molar-refractivity contribution in [1.82, 2.24) is 5.32 Å². The zero-order chi connectivity index (χ0) is 14.9. The van der Waals surface area contributed by atoms with Crippen LogP contribution in [-0.2, 0) is 11.2 Å². The first-order valence-corrected chi connectivity index (χ1v) is 6.72. The van der Waals surface area contributed by atoms with Crippen LogP contribution in [0.3, 0.4) is 0 Å². The molecule has 0 aliphatic heterocycles. The van der Waals surface area contributed by atoms with Crippen LogP contribution < -0.4 is 10.1 Å². The number of amides is 1. The minimum absolute atomic E-state index is 0.0898. The second kappa shape index (κ2) is 7.71. The van der Waals surface area contributed by atoms with E-state index in [9.17, 15) is 4.79 Å². The van der Waals surface area contributed by atoms with E-state index in [2.05, 4.69) is 5.32 Å². The first kappa shape index (κ1) is 14.6. The molecule has 0 saturated heterocycles. The first-order valence-electron chi connectivity index (χ1n) is 6.72. The largest absolute Gasteiger partial charge is 0.482 e. The van der Waals surface area contributed by atoms with Crippen molar-refractivity contribution in [3.63, 3.8) is 0 Å². The first-order chi connectivity index (χ1) is 10.3. The van der Waals surface area contributed by atoms with Crippen LogP contribution in [0.15, 0.2) is 54.6 Å². The van der Waals surface area contributed by atoms with Gasteiger partial charge in [-0.1, -0.05) is 42.5 Å². The third-order valence-electron chi connectivity index (χ3n) is 2.94. The van der Waals surface area contributed by atoms with E-state index in [0.717, 1.165) is 6.42 Å². The van der Waals surface area contributed by atoms with Gasteiger partial charge in [-0.25, -0.2) is 0 Å². The van der Waals surface area contributed by atoms with Crippen molar-refractivity contribution in [3.05, 3.63) is 65.7 Å². The number of rotatable bonds is 6. The Hall–Kier alpha value is -2.80. The quantitative estimate of drug-likeness (QED) is 0.883. The fourth-order valence-electron chi connectivity index (χ4n) is 1.87. The second-order valence-electron chi connectivity index (χ2n) is 4.48. The third-order valence-corrected chi connectivity index (χ3v) is 2.94. The van der Waals surface area contributed by atoms with Gasteiger partial charge < -0.3 is 10.1 Å². The Labute approximate surface area is 124 Å². The number of ether oxygens (including phenoxy) is 1. The molecule has 0 radical (unpaired) electrons. The van der Waals surface area contributed by atoms with Gasteiger partial charge in [-0.05, 0) is 24.1 Å². The van der Waals surface area contributed by atoms with Gasteiger partial charge >= 0.3 is 0 Å². The number of nitriles is 1. The molecule has 0 atom stereocenters. The summed E-state index contributed by atoms with van der Waals surface area (Å²) in [5.41, 5.74) is 1.60. The lowest BCUT2D eigenvalue weighted by Crippen LogP contribution is -2.30. The lowest BCUT2D eigenvalue weighted by molar-refractivity contribution is -0.123. The van der Waals surface area contributed by atoms with Gasteiger partial charge in [-0.15, -0.1) is 0 Å². The van der Waals surface area contributed by atoms with E-state index in [1.54, 1.807) is 24.3 Å². The number of carbonyl (C=O) groups is 1. The van der Waals surface area contributed by atoms with Crippen LogP contribution in [0.1, 0.15) is 11.1 Å². The smallest absolute Gasteiger partial charge is 0.257 e. The lowest BCUT2D eigenvalue weighted by atomic mass is 10.1. The highest BCUT2D eigenvalue weighted by molar-refractivity contribution is 5.77. The molecule has 0 unspecified atom stereocenters. The normalized spacial score (nSPS) is 9.67. The molecule has 21 heavy (non-hydrogen) atoms. The molecule has 2 aromatic rings. The van der Waals surface area contributed by atoms with Gasteiger partial charge in [0.2, 0.25) is 0 Å². The molecule has 1 N–H and O–H groups in total. The van der Waals surface area contributed by atoms with Crippen LogP contribution >= 0.6 is 0 Å². The maximum atomic E-state index is 11.7. The molecule has 0 fully saturated rings. The van der Waals surface area contributed by atoms with E-state index in [-0.39, 0.29) is 12.5 Å². The second-order valence-corrected chi connectivity index (χ2v) is 4.48. The lowest BCUT2D eigenvalue weighted by Gasteiger charge is -2.08. The molecule has 106 valence electrons. The average Bonchev–Trinajstić information content (AvgIpc) is 2.54. The predicted octanol–water partition coefficient (Wildman–Crippen LogP) is 2.30. The third kappa shape index (κ3) is 4.66. The number of nitrogens with zero attached hydrogens (tertiary/aromatic N) is 1. The van der Waals surface area contributed by atoms with Gasteiger partial charge in [0.25, 0.3) is 5.91 Å². The van der Waals surface area contributed by atoms with E-state index in [1.165, 1.54) is 5.56 Å². The summed E-state index contributed by atoms with van der Waals surface area (Å²) in [5.74, 6) is 0.233. The van der Waals surface area contributed by atoms with Crippen molar-refractivity contribution in [2.45, 2.75) is 6.42 Å². The van der Waals surface area contributed by atoms with Crippen LogP contribution in [0.5, 0.6) is 5.75 Å².